The molecular weight excluding hydrogens is 350 g/mol. The molecule has 3 rings (SSSR count). The highest BCUT2D eigenvalue weighted by Gasteiger charge is 2.17. The smallest absolute Gasteiger partial charge is 0.223 e. The van der Waals surface area contributed by atoms with Gasteiger partial charge in [0.1, 0.15) is 0 Å². The molecule has 1 amide bonds. The highest BCUT2D eigenvalue weighted by Crippen LogP contribution is 2.18. The fraction of sp³-hybridized carbons (Fsp3) is 0.421. The maximum Gasteiger partial charge on any atom is 0.223 e. The molecule has 0 bridgehead atoms. The number of fused-ring (bicyclic) bond motifs is 1. The van der Waals surface area contributed by atoms with Gasteiger partial charge in [0.05, 0.1) is 4.90 Å². The Morgan fingerprint density at radius 1 is 1.04 bits per heavy atom. The van der Waals surface area contributed by atoms with Gasteiger partial charge < -0.3 is 15.5 Å². The van der Waals surface area contributed by atoms with E-state index in [1.165, 1.54) is 6.26 Å². The van der Waals surface area contributed by atoms with E-state index >= 15 is 0 Å². The SMILES string of the molecule is CN1CCN(C(=O)CCN)CC1.CS(=O)(=O)c1ccc2ccccc2c1. The third kappa shape index (κ3) is 5.79. The van der Waals surface area contributed by atoms with E-state index in [4.69, 9.17) is 5.73 Å². The molecule has 0 saturated carbocycles. The lowest BCUT2D eigenvalue weighted by Gasteiger charge is -2.32. The number of carbonyl (C=O) groups excluding carboxylic acids is 1. The molecule has 0 aromatic heterocycles. The summed E-state index contributed by atoms with van der Waals surface area (Å²) in [6.07, 6.45) is 1.71. The Kier molecular flexibility index (Phi) is 7.14. The van der Waals surface area contributed by atoms with E-state index in [0.717, 1.165) is 37.0 Å². The van der Waals surface area contributed by atoms with Crippen LogP contribution in [0.25, 0.3) is 10.8 Å². The minimum Gasteiger partial charge on any atom is -0.340 e. The number of amides is 1. The van der Waals surface area contributed by atoms with E-state index in [2.05, 4.69) is 11.9 Å². The summed E-state index contributed by atoms with van der Waals surface area (Å²) in [5, 5.41) is 2.01. The van der Waals surface area contributed by atoms with Crippen LogP contribution in [0.2, 0.25) is 0 Å². The average Bonchev–Trinajstić information content (AvgIpc) is 2.62. The first-order valence-electron chi connectivity index (χ1n) is 8.66. The van der Waals surface area contributed by atoms with E-state index in [1.54, 1.807) is 12.1 Å². The van der Waals surface area contributed by atoms with Gasteiger partial charge in [-0.25, -0.2) is 8.42 Å². The molecule has 0 spiro atoms. The topological polar surface area (TPSA) is 83.7 Å². The first-order valence-corrected chi connectivity index (χ1v) is 10.6. The first kappa shape index (κ1) is 20.4. The minimum atomic E-state index is -3.09. The van der Waals surface area contributed by atoms with Gasteiger partial charge in [-0.05, 0) is 30.0 Å². The largest absolute Gasteiger partial charge is 0.340 e. The molecular formula is C19H27N3O3S. The highest BCUT2D eigenvalue weighted by molar-refractivity contribution is 7.90. The van der Waals surface area contributed by atoms with Gasteiger partial charge in [0.25, 0.3) is 0 Å². The van der Waals surface area contributed by atoms with Crippen LogP contribution in [0.15, 0.2) is 47.4 Å². The zero-order valence-corrected chi connectivity index (χ0v) is 16.2. The summed E-state index contributed by atoms with van der Waals surface area (Å²) >= 11 is 0. The highest BCUT2D eigenvalue weighted by atomic mass is 32.2. The molecule has 1 aliphatic heterocycles. The van der Waals surface area contributed by atoms with E-state index in [1.807, 2.05) is 35.2 Å². The second kappa shape index (κ2) is 9.12. The van der Waals surface area contributed by atoms with Crippen LogP contribution in [0, 0.1) is 0 Å². The molecule has 7 heteroatoms. The number of nitrogens with zero attached hydrogens (tertiary/aromatic N) is 2. The summed E-state index contributed by atoms with van der Waals surface area (Å²) in [6, 6.07) is 12.9. The maximum atomic E-state index is 11.3. The van der Waals surface area contributed by atoms with Crippen molar-refractivity contribution < 1.29 is 13.2 Å². The predicted octanol–water partition coefficient (Wildman–Crippen LogP) is 1.35. The van der Waals surface area contributed by atoms with Crippen molar-refractivity contribution in [2.45, 2.75) is 11.3 Å². The van der Waals surface area contributed by atoms with Gasteiger partial charge in [0.2, 0.25) is 5.91 Å². The van der Waals surface area contributed by atoms with Crippen molar-refractivity contribution in [3.8, 4) is 0 Å². The zero-order valence-electron chi connectivity index (χ0n) is 15.4. The lowest BCUT2D eigenvalue weighted by molar-refractivity contribution is -0.132. The van der Waals surface area contributed by atoms with Crippen molar-refractivity contribution in [1.29, 1.82) is 0 Å². The number of piperazine rings is 1. The summed E-state index contributed by atoms with van der Waals surface area (Å²) in [4.78, 5) is 15.8. The van der Waals surface area contributed by atoms with Crippen molar-refractivity contribution in [2.24, 2.45) is 5.73 Å². The molecule has 0 radical (unpaired) electrons. The lowest BCUT2D eigenvalue weighted by Crippen LogP contribution is -2.47. The molecule has 1 saturated heterocycles. The third-order valence-corrected chi connectivity index (χ3v) is 5.47. The Morgan fingerprint density at radius 2 is 1.65 bits per heavy atom. The molecule has 2 aromatic carbocycles. The molecule has 0 unspecified atom stereocenters. The number of sulfone groups is 1. The fourth-order valence-electron chi connectivity index (χ4n) is 2.74. The van der Waals surface area contributed by atoms with Crippen molar-refractivity contribution in [2.75, 3.05) is 46.0 Å². The Morgan fingerprint density at radius 3 is 2.23 bits per heavy atom. The van der Waals surface area contributed by atoms with E-state index in [-0.39, 0.29) is 5.91 Å². The van der Waals surface area contributed by atoms with Gasteiger partial charge in [0.15, 0.2) is 9.84 Å². The van der Waals surface area contributed by atoms with Crippen LogP contribution in [0.3, 0.4) is 0 Å². The minimum absolute atomic E-state index is 0.200. The molecule has 2 N–H and O–H groups in total. The molecule has 6 nitrogen and oxygen atoms in total. The van der Waals surface area contributed by atoms with Gasteiger partial charge in [-0.2, -0.15) is 0 Å². The maximum absolute atomic E-state index is 11.3. The van der Waals surface area contributed by atoms with Crippen molar-refractivity contribution in [3.05, 3.63) is 42.5 Å². The summed E-state index contributed by atoms with van der Waals surface area (Å²) in [6.45, 7) is 4.14. The summed E-state index contributed by atoms with van der Waals surface area (Å²) in [7, 11) is -1.02. The number of rotatable bonds is 3. The van der Waals surface area contributed by atoms with Crippen LogP contribution in [0.1, 0.15) is 6.42 Å². The van der Waals surface area contributed by atoms with Crippen molar-refractivity contribution in [1.82, 2.24) is 9.80 Å². The van der Waals surface area contributed by atoms with Crippen LogP contribution < -0.4 is 5.73 Å². The van der Waals surface area contributed by atoms with Crippen LogP contribution in [0.4, 0.5) is 0 Å². The molecule has 2 aromatic rings. The van der Waals surface area contributed by atoms with Gasteiger partial charge >= 0.3 is 0 Å². The summed E-state index contributed by atoms with van der Waals surface area (Å²) in [5.74, 6) is 0.200. The predicted molar refractivity (Wildman–Crippen MR) is 105 cm³/mol. The quantitative estimate of drug-likeness (QED) is 0.873. The zero-order chi connectivity index (χ0) is 19.2. The molecule has 142 valence electrons. The van der Waals surface area contributed by atoms with Gasteiger partial charge in [-0.3, -0.25) is 4.79 Å². The van der Waals surface area contributed by atoms with Gasteiger partial charge in [-0.15, -0.1) is 0 Å². The molecule has 1 heterocycles. The molecule has 0 aliphatic carbocycles. The van der Waals surface area contributed by atoms with Gasteiger partial charge in [0, 0.05) is 45.4 Å². The Labute approximate surface area is 155 Å². The number of hydrogen-bond acceptors (Lipinski definition) is 5. The lowest BCUT2D eigenvalue weighted by atomic mass is 10.1. The number of nitrogens with two attached hydrogens (primary N) is 1. The normalized spacial score (nSPS) is 15.4. The average molecular weight is 378 g/mol. The molecule has 1 aliphatic rings. The van der Waals surface area contributed by atoms with E-state index in [0.29, 0.717) is 17.9 Å². The number of likely N-dealkylation sites (N-methyl/N-ethyl adjacent to an activating group) is 1. The van der Waals surface area contributed by atoms with Crippen LogP contribution >= 0.6 is 0 Å². The second-order valence-electron chi connectivity index (χ2n) is 6.50. The Bertz CT molecular complexity index is 844. The summed E-state index contributed by atoms with van der Waals surface area (Å²) < 4.78 is 22.6. The number of benzene rings is 2. The number of carbonyl (C=O) groups is 1. The van der Waals surface area contributed by atoms with Crippen LogP contribution in [-0.2, 0) is 14.6 Å². The monoisotopic (exact) mass is 377 g/mol. The fourth-order valence-corrected chi connectivity index (χ4v) is 3.39. The second-order valence-corrected chi connectivity index (χ2v) is 8.52. The summed E-state index contributed by atoms with van der Waals surface area (Å²) in [5.41, 5.74) is 5.31. The van der Waals surface area contributed by atoms with Crippen LogP contribution in [-0.4, -0.2) is 70.2 Å². The van der Waals surface area contributed by atoms with Gasteiger partial charge in [-0.1, -0.05) is 30.3 Å². The Balaban J connectivity index is 0.000000190. The standard InChI is InChI=1S/C11H10O2S.C8H17N3O/c1-14(12,13)11-7-6-9-4-2-3-5-10(9)8-11;1-10-4-6-11(7-5-10)8(12)2-3-9/h2-8H,1H3;2-7,9H2,1H3. The Hall–Kier alpha value is -1.96. The van der Waals surface area contributed by atoms with Crippen molar-refractivity contribution in [3.63, 3.8) is 0 Å². The molecule has 0 atom stereocenters. The van der Waals surface area contributed by atoms with Crippen LogP contribution in [0.5, 0.6) is 0 Å². The molecule has 1 fully saturated rings. The number of hydrogen-bond donors (Lipinski definition) is 1. The van der Waals surface area contributed by atoms with Crippen molar-refractivity contribution >= 4 is 26.5 Å². The third-order valence-electron chi connectivity index (χ3n) is 4.36. The first-order chi connectivity index (χ1) is 12.3. The van der Waals surface area contributed by atoms with E-state index in [9.17, 15) is 13.2 Å². The van der Waals surface area contributed by atoms with E-state index < -0.39 is 9.84 Å². The molecule has 26 heavy (non-hydrogen) atoms.